The molecule has 3 heteroatoms. The molecule has 0 amide bonds. The molecule has 0 saturated heterocycles. The molecule has 0 bridgehead atoms. The Morgan fingerprint density at radius 3 is 0.710 bits per heavy atom. The molecule has 0 aliphatic rings. The molecule has 0 heterocycles. The molecule has 0 N–H and O–H groups in total. The van der Waals surface area contributed by atoms with E-state index in [1.54, 1.807) is 0 Å². The topological polar surface area (TPSA) is 27.7 Å². The maximum Gasteiger partial charge on any atom is 0.127 e. The Labute approximate surface area is 784 Å². The molecule has 3 nitrogen and oxygen atoms in total. The van der Waals surface area contributed by atoms with Crippen LogP contribution in [0.1, 0.15) is 134 Å². The van der Waals surface area contributed by atoms with Crippen LogP contribution in [-0.4, -0.2) is 0 Å². The van der Waals surface area contributed by atoms with E-state index in [9.17, 15) is 0 Å². The molecule has 0 radical (unpaired) electrons. The Kier molecular flexibility index (Phi) is 34.8. The predicted molar refractivity (Wildman–Crippen MR) is 567 cm³/mol. The van der Waals surface area contributed by atoms with Gasteiger partial charge in [0.15, 0.2) is 0 Å². The summed E-state index contributed by atoms with van der Waals surface area (Å²) >= 11 is 0. The number of rotatable bonds is 11. The largest absolute Gasteiger partial charge is 0.457 e. The summed E-state index contributed by atoms with van der Waals surface area (Å²) < 4.78 is 17.5. The van der Waals surface area contributed by atoms with Crippen molar-refractivity contribution in [1.82, 2.24) is 0 Å². The number of fused-ring (bicyclic) bond motifs is 2. The fourth-order valence-electron chi connectivity index (χ4n) is 14.7. The van der Waals surface area contributed by atoms with E-state index in [1.165, 1.54) is 211 Å². The van der Waals surface area contributed by atoms with Crippen LogP contribution < -0.4 is 14.2 Å². The van der Waals surface area contributed by atoms with Gasteiger partial charge in [-0.2, -0.15) is 0 Å². The minimum absolute atomic E-state index is 0.793. The van der Waals surface area contributed by atoms with Gasteiger partial charge in [0.1, 0.15) is 34.5 Å². The highest BCUT2D eigenvalue weighted by Gasteiger charge is 2.10. The van der Waals surface area contributed by atoms with E-state index in [0.717, 1.165) is 34.5 Å². The zero-order valence-corrected chi connectivity index (χ0v) is 81.9. The monoisotopic (exact) mass is 1720 g/mol. The number of hydrogen-bond acceptors (Lipinski definition) is 3. The second-order valence-electron chi connectivity index (χ2n) is 35.7. The van der Waals surface area contributed by atoms with Crippen LogP contribution in [0.5, 0.6) is 34.5 Å². The van der Waals surface area contributed by atoms with Gasteiger partial charge in [-0.1, -0.05) is 330 Å². The van der Waals surface area contributed by atoms with Gasteiger partial charge in [-0.25, -0.2) is 0 Å². The van der Waals surface area contributed by atoms with Gasteiger partial charge in [0.2, 0.25) is 0 Å². The standard InChI is InChI=1S/C21H20O2.2C21H20.C15H16O.C15H16.2C13H14.C9H12/c1-15-4-7-18(8-5-15)22-19-10-12-20(13-11-19)23-21-9-6-16(2)17(3)14-21;1-15-4-7-18(8-5-15)19-10-12-20(13-11-19)21-9-6-16(2)17(3)14-21;1-15-7-10-18(11-8-15)19-5-4-6-20(14-19)21-12-9-16(2)17(3)13-21;1-11-4-7-14(8-5-11)16-15-9-6-12(2)13(3)10-15;1-11-4-7-14(8-5-11)15-9-6-12(2)13(3)10-15;1-9-4-7-13-11(3)10(2)5-6-12(13)8-9;1-9-4-5-12-7-10(2)11(3)8-13(12)6-9;1-7-4-5-8(2)9(3)6-7/h4-14H,1-3H3;2*4-14H,1-3H3;4-10H,1-3H3;4-10H,1-3H3;2*4-8H,1-3H3;4-6H,1-3H3. The highest BCUT2D eigenvalue weighted by Crippen LogP contribution is 2.34. The van der Waals surface area contributed by atoms with E-state index >= 15 is 0 Å². The van der Waals surface area contributed by atoms with Gasteiger partial charge in [0.05, 0.1) is 0 Å². The first-order chi connectivity index (χ1) is 62.7. The Morgan fingerprint density at radius 1 is 0.122 bits per heavy atom. The van der Waals surface area contributed by atoms with E-state index in [1.807, 2.05) is 78.9 Å². The van der Waals surface area contributed by atoms with Crippen LogP contribution in [0.25, 0.3) is 77.2 Å². The van der Waals surface area contributed by atoms with E-state index < -0.39 is 0 Å². The summed E-state index contributed by atoms with van der Waals surface area (Å²) in [6.45, 7) is 51.1. The van der Waals surface area contributed by atoms with Gasteiger partial charge >= 0.3 is 0 Å². The smallest absolute Gasteiger partial charge is 0.127 e. The van der Waals surface area contributed by atoms with Crippen LogP contribution in [0.3, 0.4) is 0 Å². The van der Waals surface area contributed by atoms with Crippen molar-refractivity contribution in [1.29, 1.82) is 0 Å². The molecule has 18 aromatic carbocycles. The number of aryl methyl sites for hydroxylation is 24. The molecule has 0 atom stereocenters. The van der Waals surface area contributed by atoms with Crippen LogP contribution in [-0.2, 0) is 0 Å². The molecule has 0 spiro atoms. The lowest BCUT2D eigenvalue weighted by molar-refractivity contribution is 0.469. The molecule has 0 fully saturated rings. The molecule has 131 heavy (non-hydrogen) atoms. The van der Waals surface area contributed by atoms with E-state index in [2.05, 4.69) is 451 Å². The van der Waals surface area contributed by atoms with Crippen LogP contribution >= 0.6 is 0 Å². The van der Waals surface area contributed by atoms with Crippen molar-refractivity contribution in [3.8, 4) is 90.1 Å². The van der Waals surface area contributed by atoms with Gasteiger partial charge in [0.25, 0.3) is 0 Å². The molecule has 662 valence electrons. The third-order valence-electron chi connectivity index (χ3n) is 24.6. The molecular formula is C128H132O3. The first kappa shape index (κ1) is 97.5. The van der Waals surface area contributed by atoms with Gasteiger partial charge in [-0.3, -0.25) is 0 Å². The van der Waals surface area contributed by atoms with Crippen LogP contribution in [0.2, 0.25) is 0 Å². The van der Waals surface area contributed by atoms with Gasteiger partial charge in [0, 0.05) is 0 Å². The summed E-state index contributed by atoms with van der Waals surface area (Å²) in [5.41, 5.74) is 44.5. The second kappa shape index (κ2) is 46.7. The lowest BCUT2D eigenvalue weighted by atomic mass is 9.96. The summed E-state index contributed by atoms with van der Waals surface area (Å²) in [5.74, 6) is 5.05. The summed E-state index contributed by atoms with van der Waals surface area (Å²) in [4.78, 5) is 0. The highest BCUT2D eigenvalue weighted by molar-refractivity contribution is 5.87. The van der Waals surface area contributed by atoms with Crippen LogP contribution in [0, 0.1) is 166 Å². The van der Waals surface area contributed by atoms with Crippen LogP contribution in [0.15, 0.2) is 364 Å². The molecule has 0 aliphatic carbocycles. The molecule has 18 rings (SSSR count). The second-order valence-corrected chi connectivity index (χ2v) is 35.7. The average molecular weight is 1720 g/mol. The number of benzene rings is 18. The maximum atomic E-state index is 5.88. The molecule has 0 aromatic heterocycles. The molecule has 0 aliphatic heterocycles. The summed E-state index contributed by atoms with van der Waals surface area (Å²) in [6.07, 6.45) is 0. The first-order valence-corrected chi connectivity index (χ1v) is 45.8. The molecule has 18 aromatic rings. The van der Waals surface area contributed by atoms with Crippen molar-refractivity contribution in [2.45, 2.75) is 166 Å². The van der Waals surface area contributed by atoms with Crippen molar-refractivity contribution in [3.63, 3.8) is 0 Å². The third-order valence-corrected chi connectivity index (χ3v) is 24.6. The van der Waals surface area contributed by atoms with Crippen LogP contribution in [0.4, 0.5) is 0 Å². The lowest BCUT2D eigenvalue weighted by Crippen LogP contribution is -1.88. The zero-order chi connectivity index (χ0) is 94.0. The fourth-order valence-corrected chi connectivity index (χ4v) is 14.7. The molecule has 0 unspecified atom stereocenters. The Bertz CT molecular complexity index is 6800. The fraction of sp³-hybridized carbons (Fsp3) is 0.188. The van der Waals surface area contributed by atoms with E-state index in [0.29, 0.717) is 0 Å². The normalized spacial score (nSPS) is 10.4. The van der Waals surface area contributed by atoms with Crippen molar-refractivity contribution < 1.29 is 14.2 Å². The van der Waals surface area contributed by atoms with Crippen molar-refractivity contribution in [2.24, 2.45) is 0 Å². The summed E-state index contributed by atoms with van der Waals surface area (Å²) in [6, 6.07) is 128. The molecule has 0 saturated carbocycles. The number of ether oxygens (including phenoxy) is 3. The zero-order valence-electron chi connectivity index (χ0n) is 81.9. The highest BCUT2D eigenvalue weighted by atomic mass is 16.5. The maximum absolute atomic E-state index is 5.88. The van der Waals surface area contributed by atoms with Gasteiger partial charge in [-0.05, 0) is 411 Å². The quantitative estimate of drug-likeness (QED) is 0.129. The average Bonchev–Trinajstić information content (AvgIpc) is 0.821. The Morgan fingerprint density at radius 2 is 0.344 bits per heavy atom. The first-order valence-electron chi connectivity index (χ1n) is 45.8. The molecular weight excluding hydrogens is 1590 g/mol. The summed E-state index contributed by atoms with van der Waals surface area (Å²) in [7, 11) is 0. The van der Waals surface area contributed by atoms with E-state index in [-0.39, 0.29) is 0 Å². The number of hydrogen-bond donors (Lipinski definition) is 0. The lowest BCUT2D eigenvalue weighted by Gasteiger charge is -2.09. The van der Waals surface area contributed by atoms with Crippen molar-refractivity contribution >= 4 is 21.5 Å². The van der Waals surface area contributed by atoms with Crippen molar-refractivity contribution in [3.05, 3.63) is 498 Å². The Hall–Kier alpha value is -14.1. The van der Waals surface area contributed by atoms with Gasteiger partial charge < -0.3 is 14.2 Å². The predicted octanol–water partition coefficient (Wildman–Crippen LogP) is 36.9. The Balaban J connectivity index is 0.000000146. The minimum atomic E-state index is 0.793. The summed E-state index contributed by atoms with van der Waals surface area (Å²) in [5, 5.41) is 5.42. The third kappa shape index (κ3) is 29.2. The van der Waals surface area contributed by atoms with Crippen molar-refractivity contribution in [2.75, 3.05) is 0 Å². The van der Waals surface area contributed by atoms with Gasteiger partial charge in [-0.15, -0.1) is 0 Å². The SMILES string of the molecule is Cc1ccc(-c2ccc(-c3ccc(C)c(C)c3)cc2)cc1.Cc1ccc(-c2ccc(C)c(C)c2)cc1.Cc1ccc(-c2cccc(-c3ccc(C)c(C)c3)c2)cc1.Cc1ccc(C)c(C)c1.Cc1ccc(Oc2ccc(C)c(C)c2)cc1.Cc1ccc(Oc2ccc(Oc3ccc(C)c(C)c3)cc2)cc1.Cc1ccc2c(C)c(C)ccc2c1.Cc1ccc2cc(C)c(C)cc2c1. The minimum Gasteiger partial charge on any atom is -0.457 e. The van der Waals surface area contributed by atoms with E-state index in [4.69, 9.17) is 14.2 Å².